The lowest BCUT2D eigenvalue weighted by atomic mass is 9.82. The highest BCUT2D eigenvalue weighted by atomic mass is 127. The Hall–Kier alpha value is -0.410. The summed E-state index contributed by atoms with van der Waals surface area (Å²) in [7, 11) is 0. The number of aromatic nitrogens is 1. The number of aliphatic imine (C=N–C) groups is 1. The van der Waals surface area contributed by atoms with Gasteiger partial charge in [0.2, 0.25) is 0 Å². The van der Waals surface area contributed by atoms with Crippen molar-refractivity contribution in [3.05, 3.63) is 15.6 Å². The van der Waals surface area contributed by atoms with Crippen molar-refractivity contribution < 1.29 is 4.74 Å². The summed E-state index contributed by atoms with van der Waals surface area (Å²) in [4.78, 5) is 13.5. The molecule has 4 heterocycles. The van der Waals surface area contributed by atoms with Gasteiger partial charge in [0, 0.05) is 49.3 Å². The molecule has 2 bridgehead atoms. The van der Waals surface area contributed by atoms with Crippen LogP contribution in [0.3, 0.4) is 0 Å². The first-order valence-electron chi connectivity index (χ1n) is 9.83. The Morgan fingerprint density at radius 2 is 1.96 bits per heavy atom. The molecule has 0 amide bonds. The van der Waals surface area contributed by atoms with Crippen LogP contribution in [0, 0.1) is 18.8 Å². The highest BCUT2D eigenvalue weighted by molar-refractivity contribution is 14.0. The first-order valence-corrected chi connectivity index (χ1v) is 10.6. The minimum Gasteiger partial charge on any atom is -0.374 e. The number of thiazole rings is 1. The zero-order chi connectivity index (χ0) is 17.4. The highest BCUT2D eigenvalue weighted by Crippen LogP contribution is 2.47. The van der Waals surface area contributed by atoms with Gasteiger partial charge in [-0.3, -0.25) is 4.99 Å². The van der Waals surface area contributed by atoms with Crippen molar-refractivity contribution in [2.24, 2.45) is 16.8 Å². The van der Waals surface area contributed by atoms with Crippen LogP contribution in [0.2, 0.25) is 0 Å². The van der Waals surface area contributed by atoms with Crippen molar-refractivity contribution >= 4 is 41.3 Å². The number of likely N-dealkylation sites (tertiary alicyclic amines) is 1. The van der Waals surface area contributed by atoms with Gasteiger partial charge in [0.25, 0.3) is 0 Å². The summed E-state index contributed by atoms with van der Waals surface area (Å²) in [6, 6.07) is 0. The fraction of sp³-hybridized carbons (Fsp3) is 0.789. The van der Waals surface area contributed by atoms with Crippen LogP contribution in [0.15, 0.2) is 4.99 Å². The summed E-state index contributed by atoms with van der Waals surface area (Å²) in [6.07, 6.45) is 5.50. The van der Waals surface area contributed by atoms with Crippen LogP contribution in [0.5, 0.6) is 0 Å². The maximum atomic E-state index is 6.10. The summed E-state index contributed by atoms with van der Waals surface area (Å²) in [5, 5.41) is 4.72. The van der Waals surface area contributed by atoms with E-state index in [4.69, 9.17) is 14.7 Å². The van der Waals surface area contributed by atoms with E-state index in [0.717, 1.165) is 56.8 Å². The topological polar surface area (TPSA) is 49.8 Å². The summed E-state index contributed by atoms with van der Waals surface area (Å²) >= 11 is 1.83. The number of hydrogen-bond donors (Lipinski definition) is 1. The summed E-state index contributed by atoms with van der Waals surface area (Å²) in [5.74, 6) is 2.52. The van der Waals surface area contributed by atoms with Gasteiger partial charge in [-0.1, -0.05) is 6.92 Å². The minimum absolute atomic E-state index is 0. The van der Waals surface area contributed by atoms with Crippen molar-refractivity contribution in [3.63, 3.8) is 0 Å². The lowest BCUT2D eigenvalue weighted by molar-refractivity contribution is 0.0767. The minimum atomic E-state index is 0. The second kappa shape index (κ2) is 8.73. The van der Waals surface area contributed by atoms with Gasteiger partial charge >= 0.3 is 0 Å². The van der Waals surface area contributed by atoms with Crippen molar-refractivity contribution in [1.29, 1.82) is 0 Å². The van der Waals surface area contributed by atoms with E-state index >= 15 is 0 Å². The molecule has 4 atom stereocenters. The monoisotopic (exact) mass is 490 g/mol. The zero-order valence-electron chi connectivity index (χ0n) is 16.0. The smallest absolute Gasteiger partial charge is 0.193 e. The van der Waals surface area contributed by atoms with Crippen LogP contribution < -0.4 is 5.32 Å². The number of ether oxygens (including phenoxy) is 1. The average molecular weight is 490 g/mol. The average Bonchev–Trinajstić information content (AvgIpc) is 3.35. The Labute approximate surface area is 178 Å². The molecule has 3 aliphatic heterocycles. The first kappa shape index (κ1) is 20.3. The van der Waals surface area contributed by atoms with Crippen LogP contribution in [0.1, 0.15) is 42.3 Å². The second-order valence-electron chi connectivity index (χ2n) is 7.47. The van der Waals surface area contributed by atoms with Gasteiger partial charge in [0.15, 0.2) is 5.96 Å². The van der Waals surface area contributed by atoms with Gasteiger partial charge in [-0.05, 0) is 33.1 Å². The fourth-order valence-corrected chi connectivity index (χ4v) is 5.75. The third-order valence-corrected chi connectivity index (χ3v) is 7.02. The van der Waals surface area contributed by atoms with Gasteiger partial charge in [-0.25, -0.2) is 4.98 Å². The number of aryl methyl sites for hydroxylation is 2. The van der Waals surface area contributed by atoms with Crippen molar-refractivity contribution in [1.82, 2.24) is 15.2 Å². The lowest BCUT2D eigenvalue weighted by Crippen LogP contribution is -2.41. The largest absolute Gasteiger partial charge is 0.374 e. The Balaban J connectivity index is 0.00000196. The molecule has 26 heavy (non-hydrogen) atoms. The highest BCUT2D eigenvalue weighted by Gasteiger charge is 2.53. The molecule has 7 heteroatoms. The van der Waals surface area contributed by atoms with E-state index in [1.54, 1.807) is 0 Å². The molecule has 0 spiro atoms. The Bertz CT molecular complexity index is 631. The van der Waals surface area contributed by atoms with Crippen molar-refractivity contribution in [2.75, 3.05) is 26.2 Å². The molecule has 0 aliphatic carbocycles. The molecule has 1 aromatic heterocycles. The van der Waals surface area contributed by atoms with E-state index < -0.39 is 0 Å². The molecular formula is C19H31IN4OS. The van der Waals surface area contributed by atoms with E-state index in [2.05, 4.69) is 31.0 Å². The number of halogens is 1. The van der Waals surface area contributed by atoms with Gasteiger partial charge < -0.3 is 15.0 Å². The molecule has 1 aromatic rings. The Morgan fingerprint density at radius 1 is 1.27 bits per heavy atom. The molecule has 4 rings (SSSR count). The van der Waals surface area contributed by atoms with Crippen molar-refractivity contribution in [2.45, 2.75) is 58.7 Å². The summed E-state index contributed by atoms with van der Waals surface area (Å²) in [6.45, 7) is 10.4. The van der Waals surface area contributed by atoms with Gasteiger partial charge in [0.1, 0.15) is 0 Å². The second-order valence-corrected chi connectivity index (χ2v) is 8.76. The molecule has 0 saturated carbocycles. The molecule has 3 aliphatic rings. The number of nitrogens with zero attached hydrogens (tertiary/aromatic N) is 3. The first-order chi connectivity index (χ1) is 12.2. The van der Waals surface area contributed by atoms with Gasteiger partial charge in [-0.2, -0.15) is 0 Å². The van der Waals surface area contributed by atoms with E-state index in [1.165, 1.54) is 28.4 Å². The van der Waals surface area contributed by atoms with Gasteiger partial charge in [0.05, 0.1) is 22.9 Å². The molecule has 5 nitrogen and oxygen atoms in total. The van der Waals surface area contributed by atoms with E-state index in [9.17, 15) is 0 Å². The zero-order valence-corrected chi connectivity index (χ0v) is 19.2. The number of rotatable bonds is 5. The number of nitrogens with one attached hydrogen (secondary N) is 1. The third kappa shape index (κ3) is 3.90. The number of fused-ring (bicyclic) bond motifs is 5. The molecule has 3 fully saturated rings. The van der Waals surface area contributed by atoms with Crippen LogP contribution in [-0.2, 0) is 17.6 Å². The maximum absolute atomic E-state index is 6.10. The molecule has 4 unspecified atom stereocenters. The maximum Gasteiger partial charge on any atom is 0.193 e. The number of hydrogen-bond acceptors (Lipinski definition) is 4. The standard InChI is InChI=1S/C19H30N4OS.HI/c1-4-15-12(3)25-18(22-15)8-9-21-19(20-5-2)23-10-13-14(11-23)17-7-6-16(13)24-17;/h13-14,16-17H,4-11H2,1-3H3,(H,20,21);1H. The summed E-state index contributed by atoms with van der Waals surface area (Å²) in [5.41, 5.74) is 1.25. The Morgan fingerprint density at radius 3 is 2.54 bits per heavy atom. The van der Waals surface area contributed by atoms with Crippen LogP contribution in [0.4, 0.5) is 0 Å². The molecule has 0 aromatic carbocycles. The SMILES string of the molecule is CCNC(=NCCc1nc(CC)c(C)s1)N1CC2C3CCC(O3)C2C1.I. The van der Waals surface area contributed by atoms with E-state index in [0.29, 0.717) is 12.2 Å². The van der Waals surface area contributed by atoms with Gasteiger partial charge in [-0.15, -0.1) is 35.3 Å². The van der Waals surface area contributed by atoms with Crippen LogP contribution >= 0.6 is 35.3 Å². The van der Waals surface area contributed by atoms with E-state index in [-0.39, 0.29) is 24.0 Å². The van der Waals surface area contributed by atoms with Crippen LogP contribution in [0.25, 0.3) is 0 Å². The number of guanidine groups is 1. The quantitative estimate of drug-likeness (QED) is 0.391. The molecule has 0 radical (unpaired) electrons. The molecule has 3 saturated heterocycles. The van der Waals surface area contributed by atoms with Crippen LogP contribution in [-0.4, -0.2) is 54.2 Å². The van der Waals surface area contributed by atoms with Crippen molar-refractivity contribution in [3.8, 4) is 0 Å². The normalized spacial score (nSPS) is 29.8. The molecular weight excluding hydrogens is 459 g/mol. The fourth-order valence-electron chi connectivity index (χ4n) is 4.74. The Kier molecular flexibility index (Phi) is 6.83. The van der Waals surface area contributed by atoms with E-state index in [1.807, 2.05) is 11.3 Å². The molecule has 146 valence electrons. The third-order valence-electron chi connectivity index (χ3n) is 5.95. The predicted octanol–water partition coefficient (Wildman–Crippen LogP) is 3.25. The lowest BCUT2D eigenvalue weighted by Gasteiger charge is -2.23. The predicted molar refractivity (Wildman–Crippen MR) is 118 cm³/mol. The summed E-state index contributed by atoms with van der Waals surface area (Å²) < 4.78 is 6.10. The molecule has 1 N–H and O–H groups in total.